The number of carbonyl (C=O) groups is 1. The fourth-order valence-corrected chi connectivity index (χ4v) is 4.54. The molecule has 1 aliphatic heterocycles. The molecule has 0 bridgehead atoms. The number of pyridine rings is 1. The standard InChI is InChI=1S/C26H30N6O/c1-26(24-17-28-19-30-24,15-20-7-9-21(16-27)10-8-20)31-25(33)22-5-4-13-32(18-22)14-11-23-6-2-3-12-29-23/h2-3,6-10,12,17,19,22H,4-5,11,13-15,18H2,1H3,(H,28,30)(H,31,33)/t22-,26?/m0/s1. The average molecular weight is 443 g/mol. The Balaban J connectivity index is 1.42. The van der Waals surface area contributed by atoms with Crippen LogP contribution in [-0.4, -0.2) is 45.4 Å². The number of nitriles is 1. The maximum Gasteiger partial charge on any atom is 0.225 e. The quantitative estimate of drug-likeness (QED) is 0.558. The summed E-state index contributed by atoms with van der Waals surface area (Å²) in [6.07, 6.45) is 8.62. The summed E-state index contributed by atoms with van der Waals surface area (Å²) in [6, 6.07) is 15.7. The van der Waals surface area contributed by atoms with Gasteiger partial charge in [-0.3, -0.25) is 9.78 Å². The fraction of sp³-hybridized carbons (Fsp3) is 0.385. The molecule has 4 rings (SSSR count). The number of benzene rings is 1. The third-order valence-corrected chi connectivity index (χ3v) is 6.42. The second-order valence-corrected chi connectivity index (χ2v) is 8.98. The lowest BCUT2D eigenvalue weighted by atomic mass is 9.87. The van der Waals surface area contributed by atoms with Crippen molar-refractivity contribution in [1.82, 2.24) is 25.2 Å². The molecule has 2 aromatic heterocycles. The zero-order chi connectivity index (χ0) is 23.1. The van der Waals surface area contributed by atoms with Crippen LogP contribution in [0.4, 0.5) is 0 Å². The van der Waals surface area contributed by atoms with Crippen LogP contribution >= 0.6 is 0 Å². The minimum Gasteiger partial charge on any atom is -0.347 e. The summed E-state index contributed by atoms with van der Waals surface area (Å²) in [6.45, 7) is 4.70. The van der Waals surface area contributed by atoms with Crippen LogP contribution in [0.2, 0.25) is 0 Å². The van der Waals surface area contributed by atoms with Gasteiger partial charge in [0.1, 0.15) is 0 Å². The highest BCUT2D eigenvalue weighted by atomic mass is 16.2. The lowest BCUT2D eigenvalue weighted by molar-refractivity contribution is -0.128. The van der Waals surface area contributed by atoms with Gasteiger partial charge >= 0.3 is 0 Å². The molecular weight excluding hydrogens is 412 g/mol. The van der Waals surface area contributed by atoms with Crippen molar-refractivity contribution < 1.29 is 4.79 Å². The minimum atomic E-state index is -0.627. The van der Waals surface area contributed by atoms with Gasteiger partial charge in [-0.1, -0.05) is 18.2 Å². The van der Waals surface area contributed by atoms with Gasteiger partial charge < -0.3 is 15.2 Å². The second kappa shape index (κ2) is 10.4. The smallest absolute Gasteiger partial charge is 0.225 e. The number of aromatic amines is 1. The molecule has 0 aliphatic carbocycles. The molecule has 2 atom stereocenters. The largest absolute Gasteiger partial charge is 0.347 e. The average Bonchev–Trinajstić information content (AvgIpc) is 3.40. The van der Waals surface area contributed by atoms with E-state index in [0.717, 1.165) is 55.8 Å². The molecule has 0 spiro atoms. The van der Waals surface area contributed by atoms with E-state index in [4.69, 9.17) is 5.26 Å². The number of hydrogen-bond acceptors (Lipinski definition) is 5. The fourth-order valence-electron chi connectivity index (χ4n) is 4.54. The van der Waals surface area contributed by atoms with Crippen LogP contribution in [0, 0.1) is 17.2 Å². The highest BCUT2D eigenvalue weighted by Crippen LogP contribution is 2.26. The van der Waals surface area contributed by atoms with E-state index in [-0.39, 0.29) is 11.8 Å². The normalized spacial score (nSPS) is 18.2. The van der Waals surface area contributed by atoms with Gasteiger partial charge in [-0.2, -0.15) is 5.26 Å². The van der Waals surface area contributed by atoms with Crippen molar-refractivity contribution in [2.24, 2.45) is 5.92 Å². The third kappa shape index (κ3) is 5.85. The molecule has 1 amide bonds. The predicted octanol–water partition coefficient (Wildman–Crippen LogP) is 3.21. The maximum atomic E-state index is 13.4. The van der Waals surface area contributed by atoms with E-state index in [1.165, 1.54) is 0 Å². The summed E-state index contributed by atoms with van der Waals surface area (Å²) in [5.74, 6) is 0.0222. The molecule has 1 unspecified atom stereocenters. The molecule has 0 radical (unpaired) electrons. The number of nitrogens with zero attached hydrogens (tertiary/aromatic N) is 4. The van der Waals surface area contributed by atoms with Crippen molar-refractivity contribution in [1.29, 1.82) is 5.26 Å². The Labute approximate surface area is 194 Å². The predicted molar refractivity (Wildman–Crippen MR) is 126 cm³/mol. The number of rotatable bonds is 8. The Morgan fingerprint density at radius 3 is 2.85 bits per heavy atom. The lowest BCUT2D eigenvalue weighted by Gasteiger charge is -2.36. The van der Waals surface area contributed by atoms with Gasteiger partial charge in [0.15, 0.2) is 0 Å². The third-order valence-electron chi connectivity index (χ3n) is 6.42. The summed E-state index contributed by atoms with van der Waals surface area (Å²) in [5.41, 5.74) is 2.99. The molecule has 1 aliphatic rings. The van der Waals surface area contributed by atoms with Crippen molar-refractivity contribution in [3.8, 4) is 6.07 Å². The lowest BCUT2D eigenvalue weighted by Crippen LogP contribution is -2.51. The highest BCUT2D eigenvalue weighted by Gasteiger charge is 2.34. The molecule has 3 aromatic rings. The Kier molecular flexibility index (Phi) is 7.16. The zero-order valence-electron chi connectivity index (χ0n) is 19.0. The van der Waals surface area contributed by atoms with Crippen molar-refractivity contribution in [3.05, 3.63) is 83.7 Å². The molecule has 7 heteroatoms. The minimum absolute atomic E-state index is 0.0503. The number of hydrogen-bond donors (Lipinski definition) is 2. The summed E-state index contributed by atoms with van der Waals surface area (Å²) in [7, 11) is 0. The summed E-state index contributed by atoms with van der Waals surface area (Å²) in [5, 5.41) is 12.4. The van der Waals surface area contributed by atoms with Gasteiger partial charge in [-0.25, -0.2) is 4.98 Å². The first kappa shape index (κ1) is 22.7. The van der Waals surface area contributed by atoms with Crippen molar-refractivity contribution >= 4 is 5.91 Å². The van der Waals surface area contributed by atoms with Gasteiger partial charge in [0.05, 0.1) is 41.3 Å². The van der Waals surface area contributed by atoms with Gasteiger partial charge in [-0.15, -0.1) is 0 Å². The molecule has 1 aromatic carbocycles. The topological polar surface area (TPSA) is 97.7 Å². The number of imidazole rings is 1. The van der Waals surface area contributed by atoms with Crippen LogP contribution in [0.1, 0.15) is 42.3 Å². The Bertz CT molecular complexity index is 1070. The van der Waals surface area contributed by atoms with Gasteiger partial charge in [0, 0.05) is 37.8 Å². The van der Waals surface area contributed by atoms with Gasteiger partial charge in [0.2, 0.25) is 5.91 Å². The van der Waals surface area contributed by atoms with E-state index in [1.807, 2.05) is 55.6 Å². The van der Waals surface area contributed by atoms with Crippen molar-refractivity contribution in [3.63, 3.8) is 0 Å². The highest BCUT2D eigenvalue weighted by molar-refractivity contribution is 5.80. The molecule has 2 N–H and O–H groups in total. The molecule has 0 saturated carbocycles. The zero-order valence-corrected chi connectivity index (χ0v) is 19.0. The summed E-state index contributed by atoms with van der Waals surface area (Å²) in [4.78, 5) is 27.5. The number of H-pyrrole nitrogens is 1. The van der Waals surface area contributed by atoms with Crippen LogP contribution in [0.5, 0.6) is 0 Å². The number of amides is 1. The molecule has 33 heavy (non-hydrogen) atoms. The molecule has 170 valence electrons. The van der Waals surface area contributed by atoms with E-state index in [1.54, 1.807) is 12.5 Å². The first-order valence-corrected chi connectivity index (χ1v) is 11.5. The molecule has 3 heterocycles. The number of piperidine rings is 1. The van der Waals surface area contributed by atoms with Crippen LogP contribution < -0.4 is 5.32 Å². The van der Waals surface area contributed by atoms with Gasteiger partial charge in [-0.05, 0) is 56.1 Å². The first-order chi connectivity index (χ1) is 16.1. The Hall–Kier alpha value is -3.50. The molecular formula is C26H30N6O. The van der Waals surface area contributed by atoms with Gasteiger partial charge in [0.25, 0.3) is 0 Å². The van der Waals surface area contributed by atoms with E-state index in [0.29, 0.717) is 12.0 Å². The van der Waals surface area contributed by atoms with Crippen LogP contribution in [-0.2, 0) is 23.2 Å². The Morgan fingerprint density at radius 2 is 2.15 bits per heavy atom. The van der Waals surface area contributed by atoms with Crippen molar-refractivity contribution in [2.75, 3.05) is 19.6 Å². The van der Waals surface area contributed by atoms with E-state index >= 15 is 0 Å². The summed E-state index contributed by atoms with van der Waals surface area (Å²) < 4.78 is 0. The Morgan fingerprint density at radius 1 is 1.30 bits per heavy atom. The summed E-state index contributed by atoms with van der Waals surface area (Å²) >= 11 is 0. The monoisotopic (exact) mass is 442 g/mol. The SMILES string of the molecule is CC(Cc1ccc(C#N)cc1)(NC(=O)[C@H]1CCCN(CCc2ccccn2)C1)c1cnc[nH]1. The molecule has 1 saturated heterocycles. The molecule has 7 nitrogen and oxygen atoms in total. The number of nitrogens with one attached hydrogen (secondary N) is 2. The first-order valence-electron chi connectivity index (χ1n) is 11.5. The van der Waals surface area contributed by atoms with E-state index in [9.17, 15) is 4.79 Å². The number of aromatic nitrogens is 3. The van der Waals surface area contributed by atoms with Crippen LogP contribution in [0.25, 0.3) is 0 Å². The number of carbonyl (C=O) groups excluding carboxylic acids is 1. The number of likely N-dealkylation sites (tertiary alicyclic amines) is 1. The second-order valence-electron chi connectivity index (χ2n) is 8.98. The van der Waals surface area contributed by atoms with Crippen LogP contribution in [0.3, 0.4) is 0 Å². The van der Waals surface area contributed by atoms with Crippen molar-refractivity contribution in [2.45, 2.75) is 38.1 Å². The van der Waals surface area contributed by atoms with E-state index < -0.39 is 5.54 Å². The van der Waals surface area contributed by atoms with E-state index in [2.05, 4.69) is 31.2 Å². The van der Waals surface area contributed by atoms with Crippen LogP contribution in [0.15, 0.2) is 61.2 Å². The molecule has 1 fully saturated rings. The maximum absolute atomic E-state index is 13.4.